The van der Waals surface area contributed by atoms with E-state index in [0.717, 1.165) is 11.3 Å². The van der Waals surface area contributed by atoms with Crippen LogP contribution in [0.1, 0.15) is 12.5 Å². The predicted molar refractivity (Wildman–Crippen MR) is 87.9 cm³/mol. The SMILES string of the molecule is CCOc1cc(CN)cc(Cl)c1OCCOc1ccccc1. The van der Waals surface area contributed by atoms with Crippen LogP contribution in [0.15, 0.2) is 42.5 Å². The van der Waals surface area contributed by atoms with E-state index in [4.69, 9.17) is 31.5 Å². The lowest BCUT2D eigenvalue weighted by molar-refractivity contribution is 0.208. The number of hydrogen-bond donors (Lipinski definition) is 1. The van der Waals surface area contributed by atoms with Crippen molar-refractivity contribution in [1.29, 1.82) is 0 Å². The normalized spacial score (nSPS) is 10.3. The Morgan fingerprint density at radius 3 is 2.41 bits per heavy atom. The smallest absolute Gasteiger partial charge is 0.179 e. The molecule has 118 valence electrons. The van der Waals surface area contributed by atoms with Crippen LogP contribution in [0.25, 0.3) is 0 Å². The summed E-state index contributed by atoms with van der Waals surface area (Å²) < 4.78 is 16.9. The van der Waals surface area contributed by atoms with E-state index in [2.05, 4.69) is 0 Å². The van der Waals surface area contributed by atoms with Crippen LogP contribution < -0.4 is 19.9 Å². The second-order valence-electron chi connectivity index (χ2n) is 4.55. The van der Waals surface area contributed by atoms with E-state index in [0.29, 0.717) is 42.9 Å². The Balaban J connectivity index is 1.96. The molecule has 0 aromatic heterocycles. The zero-order chi connectivity index (χ0) is 15.8. The molecular formula is C17H20ClNO3. The fourth-order valence-electron chi connectivity index (χ4n) is 1.96. The minimum absolute atomic E-state index is 0.372. The lowest BCUT2D eigenvalue weighted by Gasteiger charge is -2.15. The number of hydrogen-bond acceptors (Lipinski definition) is 4. The van der Waals surface area contributed by atoms with Crippen LogP contribution in [0.4, 0.5) is 0 Å². The first-order chi connectivity index (χ1) is 10.7. The minimum atomic E-state index is 0.372. The summed E-state index contributed by atoms with van der Waals surface area (Å²) in [5, 5.41) is 0.492. The monoisotopic (exact) mass is 321 g/mol. The highest BCUT2D eigenvalue weighted by molar-refractivity contribution is 6.32. The van der Waals surface area contributed by atoms with Gasteiger partial charge in [0.05, 0.1) is 11.6 Å². The van der Waals surface area contributed by atoms with Gasteiger partial charge in [0.25, 0.3) is 0 Å². The van der Waals surface area contributed by atoms with E-state index in [-0.39, 0.29) is 0 Å². The van der Waals surface area contributed by atoms with E-state index in [1.54, 1.807) is 6.07 Å². The molecule has 0 radical (unpaired) electrons. The number of para-hydroxylation sites is 1. The molecule has 0 amide bonds. The van der Waals surface area contributed by atoms with Crippen molar-refractivity contribution in [2.45, 2.75) is 13.5 Å². The molecule has 2 rings (SSSR count). The minimum Gasteiger partial charge on any atom is -0.490 e. The van der Waals surface area contributed by atoms with Crippen LogP contribution in [0.5, 0.6) is 17.2 Å². The molecule has 0 saturated heterocycles. The summed E-state index contributed by atoms with van der Waals surface area (Å²) in [5.41, 5.74) is 6.55. The first-order valence-corrected chi connectivity index (χ1v) is 7.58. The van der Waals surface area contributed by atoms with Crippen molar-refractivity contribution in [3.8, 4) is 17.2 Å². The molecular weight excluding hydrogens is 302 g/mol. The number of halogens is 1. The Bertz CT molecular complexity index is 590. The third-order valence-corrected chi connectivity index (χ3v) is 3.23. The van der Waals surface area contributed by atoms with Gasteiger partial charge in [-0.25, -0.2) is 0 Å². The Morgan fingerprint density at radius 1 is 1.00 bits per heavy atom. The molecule has 0 unspecified atom stereocenters. The molecule has 2 aromatic carbocycles. The summed E-state index contributed by atoms with van der Waals surface area (Å²) in [7, 11) is 0. The van der Waals surface area contributed by atoms with Gasteiger partial charge in [-0.05, 0) is 36.8 Å². The molecule has 0 fully saturated rings. The van der Waals surface area contributed by atoms with E-state index in [1.807, 2.05) is 43.3 Å². The Morgan fingerprint density at radius 2 is 1.73 bits per heavy atom. The molecule has 2 N–H and O–H groups in total. The molecule has 5 heteroatoms. The largest absolute Gasteiger partial charge is 0.490 e. The molecule has 0 saturated carbocycles. The van der Waals surface area contributed by atoms with E-state index >= 15 is 0 Å². The average molecular weight is 322 g/mol. The van der Waals surface area contributed by atoms with Crippen molar-refractivity contribution in [2.75, 3.05) is 19.8 Å². The molecule has 0 bridgehead atoms. The molecule has 22 heavy (non-hydrogen) atoms. The van der Waals surface area contributed by atoms with Gasteiger partial charge in [0.1, 0.15) is 19.0 Å². The average Bonchev–Trinajstić information content (AvgIpc) is 2.54. The van der Waals surface area contributed by atoms with Crippen molar-refractivity contribution >= 4 is 11.6 Å². The van der Waals surface area contributed by atoms with Gasteiger partial charge in [0.2, 0.25) is 0 Å². The summed E-state index contributed by atoms with van der Waals surface area (Å²) >= 11 is 6.24. The lowest BCUT2D eigenvalue weighted by Crippen LogP contribution is -2.10. The van der Waals surface area contributed by atoms with Gasteiger partial charge in [0, 0.05) is 6.54 Å². The zero-order valence-corrected chi connectivity index (χ0v) is 13.3. The second kappa shape index (κ2) is 8.51. The molecule has 4 nitrogen and oxygen atoms in total. The molecule has 2 aromatic rings. The summed E-state index contributed by atoms with van der Waals surface area (Å²) in [6.07, 6.45) is 0. The topological polar surface area (TPSA) is 53.7 Å². The Hall–Kier alpha value is -1.91. The number of ether oxygens (including phenoxy) is 3. The Kier molecular flexibility index (Phi) is 6.37. The van der Waals surface area contributed by atoms with Crippen LogP contribution in [0, 0.1) is 0 Å². The van der Waals surface area contributed by atoms with Crippen LogP contribution in [0.2, 0.25) is 5.02 Å². The number of benzene rings is 2. The van der Waals surface area contributed by atoms with Gasteiger partial charge in [0.15, 0.2) is 11.5 Å². The summed E-state index contributed by atoms with van der Waals surface area (Å²) in [6, 6.07) is 13.2. The highest BCUT2D eigenvalue weighted by Gasteiger charge is 2.12. The molecule has 0 spiro atoms. The Labute approximate surface area is 135 Å². The first-order valence-electron chi connectivity index (χ1n) is 7.20. The second-order valence-corrected chi connectivity index (χ2v) is 4.96. The summed E-state index contributed by atoms with van der Waals surface area (Å²) in [6.45, 7) is 3.63. The van der Waals surface area contributed by atoms with E-state index in [1.165, 1.54) is 0 Å². The number of rotatable bonds is 8. The zero-order valence-electron chi connectivity index (χ0n) is 12.5. The molecule has 0 atom stereocenters. The maximum atomic E-state index is 6.24. The van der Waals surface area contributed by atoms with Crippen LogP contribution in [-0.2, 0) is 6.54 Å². The predicted octanol–water partition coefficient (Wildman–Crippen LogP) is 3.66. The van der Waals surface area contributed by atoms with Gasteiger partial charge >= 0.3 is 0 Å². The fraction of sp³-hybridized carbons (Fsp3) is 0.294. The van der Waals surface area contributed by atoms with Gasteiger partial charge in [-0.2, -0.15) is 0 Å². The van der Waals surface area contributed by atoms with Gasteiger partial charge in [-0.1, -0.05) is 29.8 Å². The van der Waals surface area contributed by atoms with Crippen molar-refractivity contribution < 1.29 is 14.2 Å². The van der Waals surface area contributed by atoms with Gasteiger partial charge in [-0.15, -0.1) is 0 Å². The third-order valence-electron chi connectivity index (χ3n) is 2.95. The molecule has 0 aliphatic carbocycles. The highest BCUT2D eigenvalue weighted by Crippen LogP contribution is 2.36. The van der Waals surface area contributed by atoms with Crippen molar-refractivity contribution in [1.82, 2.24) is 0 Å². The molecule has 0 heterocycles. The van der Waals surface area contributed by atoms with Crippen molar-refractivity contribution in [2.24, 2.45) is 5.73 Å². The summed E-state index contributed by atoms with van der Waals surface area (Å²) in [4.78, 5) is 0. The maximum absolute atomic E-state index is 6.24. The van der Waals surface area contributed by atoms with Crippen molar-refractivity contribution in [3.63, 3.8) is 0 Å². The lowest BCUT2D eigenvalue weighted by atomic mass is 10.2. The van der Waals surface area contributed by atoms with Crippen molar-refractivity contribution in [3.05, 3.63) is 53.1 Å². The molecule has 0 aliphatic heterocycles. The van der Waals surface area contributed by atoms with Crippen LogP contribution in [0.3, 0.4) is 0 Å². The van der Waals surface area contributed by atoms with E-state index in [9.17, 15) is 0 Å². The highest BCUT2D eigenvalue weighted by atomic mass is 35.5. The first kappa shape index (κ1) is 16.5. The third kappa shape index (κ3) is 4.55. The van der Waals surface area contributed by atoms with Gasteiger partial charge < -0.3 is 19.9 Å². The maximum Gasteiger partial charge on any atom is 0.179 e. The fourth-order valence-corrected chi connectivity index (χ4v) is 2.25. The summed E-state index contributed by atoms with van der Waals surface area (Å²) in [5.74, 6) is 1.94. The van der Waals surface area contributed by atoms with E-state index < -0.39 is 0 Å². The standard InChI is InChI=1S/C17H20ClNO3/c1-2-20-16-11-13(12-19)10-15(18)17(16)22-9-8-21-14-6-4-3-5-7-14/h3-7,10-11H,2,8-9,12,19H2,1H3. The molecule has 0 aliphatic rings. The van der Waals surface area contributed by atoms with Crippen LogP contribution >= 0.6 is 11.6 Å². The van der Waals surface area contributed by atoms with Gasteiger partial charge in [-0.3, -0.25) is 0 Å². The van der Waals surface area contributed by atoms with Crippen LogP contribution in [-0.4, -0.2) is 19.8 Å². The number of nitrogens with two attached hydrogens (primary N) is 1. The quantitative estimate of drug-likeness (QED) is 0.754.